The zero-order chi connectivity index (χ0) is 14.7. The van der Waals surface area contributed by atoms with Gasteiger partial charge in [-0.15, -0.1) is 0 Å². The van der Waals surface area contributed by atoms with E-state index in [-0.39, 0.29) is 27.8 Å². The van der Waals surface area contributed by atoms with Crippen molar-refractivity contribution in [3.05, 3.63) is 63.4 Å². The van der Waals surface area contributed by atoms with Crippen molar-refractivity contribution in [1.29, 1.82) is 5.26 Å². The van der Waals surface area contributed by atoms with Crippen molar-refractivity contribution in [2.45, 2.75) is 6.54 Å². The highest BCUT2D eigenvalue weighted by Gasteiger charge is 2.10. The molecule has 2 nitrogen and oxygen atoms in total. The number of benzene rings is 2. The molecule has 0 aromatic heterocycles. The highest BCUT2D eigenvalue weighted by molar-refractivity contribution is 9.10. The minimum absolute atomic E-state index is 0.0122. The predicted molar refractivity (Wildman–Crippen MR) is 72.5 cm³/mol. The molecule has 0 fully saturated rings. The summed E-state index contributed by atoms with van der Waals surface area (Å²) in [5.41, 5.74) is 0.0333. The van der Waals surface area contributed by atoms with Gasteiger partial charge in [0.25, 0.3) is 0 Å². The summed E-state index contributed by atoms with van der Waals surface area (Å²) in [5, 5.41) is 11.3. The Bertz CT molecular complexity index is 696. The summed E-state index contributed by atoms with van der Waals surface area (Å²) < 4.78 is 40.7. The summed E-state index contributed by atoms with van der Waals surface area (Å²) in [4.78, 5) is 0. The number of nitriles is 1. The van der Waals surface area contributed by atoms with Crippen molar-refractivity contribution in [3.63, 3.8) is 0 Å². The molecule has 0 aliphatic heterocycles. The molecule has 2 aromatic carbocycles. The van der Waals surface area contributed by atoms with Crippen LogP contribution >= 0.6 is 15.9 Å². The van der Waals surface area contributed by atoms with Gasteiger partial charge in [0.05, 0.1) is 15.7 Å². The first kappa shape index (κ1) is 14.4. The van der Waals surface area contributed by atoms with E-state index < -0.39 is 17.5 Å². The monoisotopic (exact) mass is 340 g/mol. The molecule has 2 rings (SSSR count). The van der Waals surface area contributed by atoms with Gasteiger partial charge in [0, 0.05) is 18.2 Å². The molecule has 0 atom stereocenters. The normalized spacial score (nSPS) is 10.2. The molecule has 0 saturated carbocycles. The van der Waals surface area contributed by atoms with E-state index in [1.54, 1.807) is 6.07 Å². The van der Waals surface area contributed by atoms with E-state index >= 15 is 0 Å². The summed E-state index contributed by atoms with van der Waals surface area (Å²) in [6, 6.07) is 8.02. The van der Waals surface area contributed by atoms with Gasteiger partial charge in [0.1, 0.15) is 23.5 Å². The molecule has 2 aromatic rings. The van der Waals surface area contributed by atoms with Gasteiger partial charge in [-0.25, -0.2) is 13.2 Å². The van der Waals surface area contributed by atoms with E-state index in [0.717, 1.165) is 12.1 Å². The first-order valence-electron chi connectivity index (χ1n) is 5.59. The maximum atomic E-state index is 13.8. The molecule has 0 saturated heterocycles. The SMILES string of the molecule is N#Cc1cccc(CNc2cc(F)c(Br)cc2F)c1F. The summed E-state index contributed by atoms with van der Waals surface area (Å²) in [6.45, 7) is -0.0562. The Morgan fingerprint density at radius 3 is 2.60 bits per heavy atom. The molecule has 1 N–H and O–H groups in total. The molecule has 0 aliphatic carbocycles. The molecule has 6 heteroatoms. The van der Waals surface area contributed by atoms with E-state index in [0.29, 0.717) is 0 Å². The second-order valence-corrected chi connectivity index (χ2v) is 4.84. The van der Waals surface area contributed by atoms with Crippen molar-refractivity contribution < 1.29 is 13.2 Å². The molecule has 0 aliphatic rings. The Kier molecular flexibility index (Phi) is 4.30. The number of rotatable bonds is 3. The van der Waals surface area contributed by atoms with Crippen LogP contribution in [0, 0.1) is 28.8 Å². The molecule has 0 bridgehead atoms. The largest absolute Gasteiger partial charge is 0.378 e. The van der Waals surface area contributed by atoms with Gasteiger partial charge in [-0.2, -0.15) is 5.26 Å². The van der Waals surface area contributed by atoms with Crippen LogP contribution in [0.2, 0.25) is 0 Å². The van der Waals surface area contributed by atoms with Crippen molar-refractivity contribution in [2.75, 3.05) is 5.32 Å². The highest BCUT2D eigenvalue weighted by Crippen LogP contribution is 2.24. The minimum atomic E-state index is -0.666. The van der Waals surface area contributed by atoms with Crippen LogP contribution in [0.1, 0.15) is 11.1 Å². The number of anilines is 1. The van der Waals surface area contributed by atoms with Gasteiger partial charge in [0.2, 0.25) is 0 Å². The lowest BCUT2D eigenvalue weighted by Gasteiger charge is -2.10. The minimum Gasteiger partial charge on any atom is -0.378 e. The first-order valence-corrected chi connectivity index (χ1v) is 6.38. The van der Waals surface area contributed by atoms with Crippen LogP contribution in [-0.2, 0) is 6.54 Å². The van der Waals surface area contributed by atoms with Crippen LogP contribution in [0.25, 0.3) is 0 Å². The zero-order valence-corrected chi connectivity index (χ0v) is 11.6. The average Bonchev–Trinajstić information content (AvgIpc) is 2.43. The lowest BCUT2D eigenvalue weighted by molar-refractivity contribution is 0.594. The van der Waals surface area contributed by atoms with E-state index in [1.807, 2.05) is 0 Å². The second kappa shape index (κ2) is 5.97. The van der Waals surface area contributed by atoms with Crippen molar-refractivity contribution in [1.82, 2.24) is 0 Å². The maximum absolute atomic E-state index is 13.8. The summed E-state index contributed by atoms with van der Waals surface area (Å²) in [7, 11) is 0. The van der Waals surface area contributed by atoms with Crippen molar-refractivity contribution in [2.24, 2.45) is 0 Å². The van der Waals surface area contributed by atoms with E-state index in [1.165, 1.54) is 18.2 Å². The Morgan fingerprint density at radius 2 is 1.90 bits per heavy atom. The molecule has 20 heavy (non-hydrogen) atoms. The van der Waals surface area contributed by atoms with Crippen LogP contribution < -0.4 is 5.32 Å². The first-order chi connectivity index (χ1) is 9.52. The van der Waals surface area contributed by atoms with Crippen LogP contribution in [0.15, 0.2) is 34.8 Å². The number of nitrogens with one attached hydrogen (secondary N) is 1. The van der Waals surface area contributed by atoms with Gasteiger partial charge < -0.3 is 5.32 Å². The van der Waals surface area contributed by atoms with Crippen LogP contribution in [0.4, 0.5) is 18.9 Å². The van der Waals surface area contributed by atoms with Gasteiger partial charge in [-0.05, 0) is 28.1 Å². The number of hydrogen-bond acceptors (Lipinski definition) is 2. The van der Waals surface area contributed by atoms with E-state index in [2.05, 4.69) is 21.2 Å². The number of halogens is 4. The molecular weight excluding hydrogens is 333 g/mol. The lowest BCUT2D eigenvalue weighted by atomic mass is 10.1. The summed E-state index contributed by atoms with van der Waals surface area (Å²) >= 11 is 2.87. The lowest BCUT2D eigenvalue weighted by Crippen LogP contribution is -2.05. The Morgan fingerprint density at radius 1 is 1.15 bits per heavy atom. The van der Waals surface area contributed by atoms with E-state index in [9.17, 15) is 13.2 Å². The van der Waals surface area contributed by atoms with Crippen molar-refractivity contribution in [3.8, 4) is 6.07 Å². The standard InChI is InChI=1S/C14H8BrF3N2/c15-10-4-12(17)13(5-11(10)16)20-7-9-3-1-2-8(6-19)14(9)18/h1-5,20H,7H2. The maximum Gasteiger partial charge on any atom is 0.147 e. The Labute approximate surface area is 122 Å². The fourth-order valence-corrected chi connectivity index (χ4v) is 1.97. The quantitative estimate of drug-likeness (QED) is 0.843. The van der Waals surface area contributed by atoms with Gasteiger partial charge in [-0.3, -0.25) is 0 Å². The van der Waals surface area contributed by atoms with Gasteiger partial charge >= 0.3 is 0 Å². The van der Waals surface area contributed by atoms with Gasteiger partial charge in [-0.1, -0.05) is 12.1 Å². The molecule has 0 amide bonds. The molecule has 102 valence electrons. The summed E-state index contributed by atoms with van der Waals surface area (Å²) in [5.74, 6) is -1.95. The highest BCUT2D eigenvalue weighted by atomic mass is 79.9. The fourth-order valence-electron chi connectivity index (χ4n) is 1.65. The molecule has 0 spiro atoms. The fraction of sp³-hybridized carbons (Fsp3) is 0.0714. The molecule has 0 unspecified atom stereocenters. The second-order valence-electron chi connectivity index (χ2n) is 3.99. The summed E-state index contributed by atoms with van der Waals surface area (Å²) in [6.07, 6.45) is 0. The third kappa shape index (κ3) is 2.94. The average molecular weight is 341 g/mol. The zero-order valence-electron chi connectivity index (χ0n) is 10.1. The molecular formula is C14H8BrF3N2. The molecule has 0 radical (unpaired) electrons. The van der Waals surface area contributed by atoms with Crippen LogP contribution in [0.5, 0.6) is 0 Å². The predicted octanol–water partition coefficient (Wildman–Crippen LogP) is 4.35. The third-order valence-electron chi connectivity index (χ3n) is 2.68. The van der Waals surface area contributed by atoms with Gasteiger partial charge in [0.15, 0.2) is 0 Å². The molecule has 0 heterocycles. The Hall–Kier alpha value is -2.00. The van der Waals surface area contributed by atoms with Crippen LogP contribution in [0.3, 0.4) is 0 Å². The number of nitrogens with zero attached hydrogens (tertiary/aromatic N) is 1. The smallest absolute Gasteiger partial charge is 0.147 e. The van der Waals surface area contributed by atoms with Crippen LogP contribution in [-0.4, -0.2) is 0 Å². The third-order valence-corrected chi connectivity index (χ3v) is 3.29. The van der Waals surface area contributed by atoms with E-state index in [4.69, 9.17) is 5.26 Å². The number of hydrogen-bond donors (Lipinski definition) is 1. The topological polar surface area (TPSA) is 35.8 Å². The Balaban J connectivity index is 2.22. The van der Waals surface area contributed by atoms with Crippen molar-refractivity contribution >= 4 is 21.6 Å².